The second-order valence-corrected chi connectivity index (χ2v) is 6.70. The smallest absolute Gasteiger partial charge is 0.273 e. The van der Waals surface area contributed by atoms with Crippen LogP contribution in [0.1, 0.15) is 36.7 Å². The Labute approximate surface area is 150 Å². The summed E-state index contributed by atoms with van der Waals surface area (Å²) >= 11 is 1.33. The van der Waals surface area contributed by atoms with Crippen molar-refractivity contribution in [2.75, 3.05) is 11.9 Å². The number of primary amides is 1. The van der Waals surface area contributed by atoms with E-state index in [-0.39, 0.29) is 11.9 Å². The van der Waals surface area contributed by atoms with Crippen molar-refractivity contribution >= 4 is 29.2 Å². The van der Waals surface area contributed by atoms with Gasteiger partial charge in [0.25, 0.3) is 5.91 Å². The fraction of sp³-hybridized carbons (Fsp3) is 0.412. The van der Waals surface area contributed by atoms with Crippen LogP contribution in [0.2, 0.25) is 0 Å². The van der Waals surface area contributed by atoms with Crippen LogP contribution in [0.25, 0.3) is 0 Å². The second kappa shape index (κ2) is 7.18. The first-order valence-corrected chi connectivity index (χ1v) is 9.13. The normalized spacial score (nSPS) is 23.2. The second-order valence-electron chi connectivity index (χ2n) is 6.04. The van der Waals surface area contributed by atoms with Crippen molar-refractivity contribution in [1.29, 1.82) is 0 Å². The monoisotopic (exact) mass is 359 g/mol. The van der Waals surface area contributed by atoms with E-state index in [1.807, 2.05) is 18.4 Å². The number of likely N-dealkylation sites (tertiary alicyclic amines) is 1. The molecule has 0 saturated carbocycles. The number of hydrogen-bond acceptors (Lipinski definition) is 6. The van der Waals surface area contributed by atoms with Gasteiger partial charge in [0.1, 0.15) is 17.1 Å². The first-order chi connectivity index (χ1) is 12.1. The van der Waals surface area contributed by atoms with Crippen molar-refractivity contribution in [1.82, 2.24) is 14.3 Å². The van der Waals surface area contributed by atoms with Crippen molar-refractivity contribution in [3.8, 4) is 0 Å². The van der Waals surface area contributed by atoms with E-state index in [9.17, 15) is 9.59 Å². The molecule has 8 heteroatoms. The average molecular weight is 359 g/mol. The minimum Gasteiger partial charge on any atom is -0.368 e. The van der Waals surface area contributed by atoms with Gasteiger partial charge in [0.2, 0.25) is 5.91 Å². The first kappa shape index (κ1) is 17.3. The number of pyridine rings is 1. The van der Waals surface area contributed by atoms with Gasteiger partial charge in [0.15, 0.2) is 0 Å². The molecule has 7 nitrogen and oxygen atoms in total. The molecule has 1 aliphatic rings. The first-order valence-electron chi connectivity index (χ1n) is 8.29. The van der Waals surface area contributed by atoms with Gasteiger partial charge < -0.3 is 16.0 Å². The number of hydrogen-bond donors (Lipinski definition) is 2. The summed E-state index contributed by atoms with van der Waals surface area (Å²) in [6.07, 6.45) is 3.50. The van der Waals surface area contributed by atoms with Crippen LogP contribution in [-0.2, 0) is 4.79 Å². The zero-order chi connectivity index (χ0) is 17.9. The van der Waals surface area contributed by atoms with Gasteiger partial charge in [-0.3, -0.25) is 14.6 Å². The SMILES string of the molecule is CCC1(C(N)=O)C(Nc2ccsn2)CCCN1C(=O)c1ccccn1. The van der Waals surface area contributed by atoms with E-state index in [2.05, 4.69) is 14.7 Å². The lowest BCUT2D eigenvalue weighted by Gasteiger charge is -2.49. The molecule has 3 rings (SSSR count). The molecule has 1 fully saturated rings. The molecule has 0 radical (unpaired) electrons. The number of nitrogens with two attached hydrogens (primary N) is 1. The third-order valence-electron chi connectivity index (χ3n) is 4.79. The summed E-state index contributed by atoms with van der Waals surface area (Å²) in [5.41, 5.74) is 5.03. The van der Waals surface area contributed by atoms with Gasteiger partial charge in [0.05, 0.1) is 6.04 Å². The largest absolute Gasteiger partial charge is 0.368 e. The summed E-state index contributed by atoms with van der Waals surface area (Å²) in [7, 11) is 0. The fourth-order valence-electron chi connectivity index (χ4n) is 3.56. The molecular formula is C17H21N5O2S. The molecule has 2 atom stereocenters. The van der Waals surface area contributed by atoms with Gasteiger partial charge >= 0.3 is 0 Å². The van der Waals surface area contributed by atoms with Crippen LogP contribution in [0.4, 0.5) is 5.82 Å². The summed E-state index contributed by atoms with van der Waals surface area (Å²) in [5, 5.41) is 5.17. The highest BCUT2D eigenvalue weighted by molar-refractivity contribution is 7.03. The van der Waals surface area contributed by atoms with E-state index in [1.54, 1.807) is 29.3 Å². The molecule has 3 heterocycles. The molecule has 3 N–H and O–H groups in total. The number of piperidine rings is 1. The van der Waals surface area contributed by atoms with Crippen molar-refractivity contribution in [2.45, 2.75) is 37.8 Å². The van der Waals surface area contributed by atoms with Crippen LogP contribution < -0.4 is 11.1 Å². The summed E-state index contributed by atoms with van der Waals surface area (Å²) in [5.74, 6) is -0.0843. The van der Waals surface area contributed by atoms with Crippen LogP contribution in [0.3, 0.4) is 0 Å². The van der Waals surface area contributed by atoms with Gasteiger partial charge in [-0.2, -0.15) is 4.37 Å². The maximum atomic E-state index is 13.0. The van der Waals surface area contributed by atoms with Crippen LogP contribution in [0.15, 0.2) is 35.8 Å². The number of aromatic nitrogens is 2. The van der Waals surface area contributed by atoms with E-state index < -0.39 is 11.4 Å². The van der Waals surface area contributed by atoms with Crippen LogP contribution in [-0.4, -0.2) is 44.2 Å². The van der Waals surface area contributed by atoms with Gasteiger partial charge in [0, 0.05) is 18.1 Å². The number of nitrogens with one attached hydrogen (secondary N) is 1. The molecule has 0 aliphatic carbocycles. The molecule has 1 saturated heterocycles. The van der Waals surface area contributed by atoms with Crippen LogP contribution in [0.5, 0.6) is 0 Å². The summed E-state index contributed by atoms with van der Waals surface area (Å²) < 4.78 is 4.26. The van der Waals surface area contributed by atoms with E-state index in [4.69, 9.17) is 5.73 Å². The highest BCUT2D eigenvalue weighted by atomic mass is 32.1. The van der Waals surface area contributed by atoms with Crippen LogP contribution >= 0.6 is 11.5 Å². The Morgan fingerprint density at radius 3 is 2.88 bits per heavy atom. The molecule has 2 unspecified atom stereocenters. The maximum absolute atomic E-state index is 13.0. The Morgan fingerprint density at radius 1 is 1.44 bits per heavy atom. The Morgan fingerprint density at radius 2 is 2.28 bits per heavy atom. The van der Waals surface area contributed by atoms with E-state index in [0.717, 1.165) is 12.8 Å². The Balaban J connectivity index is 1.98. The highest BCUT2D eigenvalue weighted by Gasteiger charge is 2.52. The molecule has 0 aromatic carbocycles. The molecule has 0 spiro atoms. The lowest BCUT2D eigenvalue weighted by molar-refractivity contribution is -0.131. The summed E-state index contributed by atoms with van der Waals surface area (Å²) in [6, 6.07) is 6.72. The lowest BCUT2D eigenvalue weighted by atomic mass is 9.78. The Hall–Kier alpha value is -2.48. The number of carbonyl (C=O) groups is 2. The van der Waals surface area contributed by atoms with Gasteiger partial charge in [-0.25, -0.2) is 0 Å². The third-order valence-corrected chi connectivity index (χ3v) is 5.35. The van der Waals surface area contributed by atoms with Crippen molar-refractivity contribution in [2.24, 2.45) is 5.73 Å². The molecule has 0 bridgehead atoms. The summed E-state index contributed by atoms with van der Waals surface area (Å²) in [6.45, 7) is 2.35. The predicted octanol–water partition coefficient (Wildman–Crippen LogP) is 1.89. The average Bonchev–Trinajstić information content (AvgIpc) is 3.14. The number of nitrogens with zero attached hydrogens (tertiary/aromatic N) is 3. The summed E-state index contributed by atoms with van der Waals surface area (Å²) in [4.78, 5) is 31.3. The minimum absolute atomic E-state index is 0.272. The van der Waals surface area contributed by atoms with Crippen molar-refractivity contribution in [3.05, 3.63) is 41.5 Å². The zero-order valence-electron chi connectivity index (χ0n) is 14.0. The number of rotatable bonds is 5. The molecule has 25 heavy (non-hydrogen) atoms. The maximum Gasteiger partial charge on any atom is 0.273 e. The van der Waals surface area contributed by atoms with E-state index >= 15 is 0 Å². The predicted molar refractivity (Wildman–Crippen MR) is 96.2 cm³/mol. The fourth-order valence-corrected chi connectivity index (χ4v) is 4.04. The Kier molecular flexibility index (Phi) is 4.98. The quantitative estimate of drug-likeness (QED) is 0.849. The van der Waals surface area contributed by atoms with Gasteiger partial charge in [-0.05, 0) is 49.0 Å². The highest BCUT2D eigenvalue weighted by Crippen LogP contribution is 2.34. The molecule has 1 aliphatic heterocycles. The molecule has 2 aromatic heterocycles. The third kappa shape index (κ3) is 3.09. The Bertz CT molecular complexity index is 737. The number of amides is 2. The lowest BCUT2D eigenvalue weighted by Crippen LogP contribution is -2.69. The van der Waals surface area contributed by atoms with Crippen LogP contribution in [0, 0.1) is 0 Å². The van der Waals surface area contributed by atoms with Gasteiger partial charge in [-0.15, -0.1) is 0 Å². The molecular weight excluding hydrogens is 338 g/mol. The standard InChI is InChI=1S/C17H21N5O2S/c1-2-17(16(18)24)13(20-14-8-11-25-21-14)7-5-10-22(17)15(23)12-6-3-4-9-19-12/h3-4,6,8-9,11,13H,2,5,7,10H2,1H3,(H2,18,24)(H,20,21). The molecule has 2 amide bonds. The zero-order valence-corrected chi connectivity index (χ0v) is 14.8. The topological polar surface area (TPSA) is 101 Å². The van der Waals surface area contributed by atoms with Crippen molar-refractivity contribution < 1.29 is 9.59 Å². The van der Waals surface area contributed by atoms with Gasteiger partial charge in [-0.1, -0.05) is 13.0 Å². The van der Waals surface area contributed by atoms with E-state index in [0.29, 0.717) is 24.5 Å². The minimum atomic E-state index is -1.11. The molecule has 2 aromatic rings. The molecule has 132 valence electrons. The number of anilines is 1. The van der Waals surface area contributed by atoms with Crippen molar-refractivity contribution in [3.63, 3.8) is 0 Å². The number of carbonyl (C=O) groups excluding carboxylic acids is 2. The van der Waals surface area contributed by atoms with E-state index in [1.165, 1.54) is 11.5 Å².